The zero-order valence-corrected chi connectivity index (χ0v) is 10.8. The summed E-state index contributed by atoms with van der Waals surface area (Å²) >= 11 is 0. The van der Waals surface area contributed by atoms with E-state index >= 15 is 0 Å². The molecule has 0 aromatic heterocycles. The van der Waals surface area contributed by atoms with Crippen LogP contribution in [0.4, 0.5) is 5.69 Å². The summed E-state index contributed by atoms with van der Waals surface area (Å²) in [5, 5.41) is 21.4. The number of aliphatic hydroxyl groups is 1. The van der Waals surface area contributed by atoms with E-state index in [1.54, 1.807) is 36.4 Å². The van der Waals surface area contributed by atoms with E-state index in [9.17, 15) is 9.90 Å². The molecule has 1 amide bonds. The molecule has 0 aliphatic heterocycles. The third kappa shape index (κ3) is 3.67. The summed E-state index contributed by atoms with van der Waals surface area (Å²) < 4.78 is 0. The number of benzene rings is 2. The van der Waals surface area contributed by atoms with Crippen molar-refractivity contribution in [2.45, 2.75) is 12.5 Å². The van der Waals surface area contributed by atoms with E-state index in [4.69, 9.17) is 5.26 Å². The lowest BCUT2D eigenvalue weighted by Gasteiger charge is -2.11. The Balaban J connectivity index is 1.97. The van der Waals surface area contributed by atoms with Crippen LogP contribution in [0, 0.1) is 11.3 Å². The average Bonchev–Trinajstić information content (AvgIpc) is 2.48. The molecular weight excluding hydrogens is 252 g/mol. The van der Waals surface area contributed by atoms with Crippen LogP contribution in [0.5, 0.6) is 0 Å². The maximum Gasteiger partial charge on any atom is 0.227 e. The number of hydrogen-bond acceptors (Lipinski definition) is 3. The van der Waals surface area contributed by atoms with Gasteiger partial charge in [-0.1, -0.05) is 36.4 Å². The smallest absolute Gasteiger partial charge is 0.227 e. The number of nitrogens with zero attached hydrogens (tertiary/aromatic N) is 1. The number of nitrogens with one attached hydrogen (secondary N) is 1. The number of nitriles is 1. The summed E-state index contributed by atoms with van der Waals surface area (Å²) in [5.74, 6) is -0.295. The molecule has 2 aromatic carbocycles. The fraction of sp³-hybridized carbons (Fsp3) is 0.125. The first-order valence-electron chi connectivity index (χ1n) is 6.22. The van der Waals surface area contributed by atoms with Crippen LogP contribution in [-0.4, -0.2) is 11.0 Å². The molecule has 100 valence electrons. The van der Waals surface area contributed by atoms with Gasteiger partial charge in [-0.3, -0.25) is 4.79 Å². The molecule has 0 fully saturated rings. The molecule has 0 bridgehead atoms. The topological polar surface area (TPSA) is 73.1 Å². The fourth-order valence-corrected chi connectivity index (χ4v) is 1.85. The van der Waals surface area contributed by atoms with Crippen LogP contribution < -0.4 is 5.32 Å². The van der Waals surface area contributed by atoms with E-state index in [1.807, 2.05) is 24.3 Å². The number of aliphatic hydroxyl groups excluding tert-OH is 1. The highest BCUT2D eigenvalue weighted by molar-refractivity contribution is 5.91. The zero-order chi connectivity index (χ0) is 14.4. The fourth-order valence-electron chi connectivity index (χ4n) is 1.85. The van der Waals surface area contributed by atoms with Gasteiger partial charge in [0.1, 0.15) is 0 Å². The second-order valence-electron chi connectivity index (χ2n) is 4.37. The van der Waals surface area contributed by atoms with E-state index in [2.05, 4.69) is 5.32 Å². The van der Waals surface area contributed by atoms with E-state index in [0.29, 0.717) is 16.8 Å². The van der Waals surface area contributed by atoms with Gasteiger partial charge >= 0.3 is 0 Å². The molecule has 2 N–H and O–H groups in total. The molecule has 0 aliphatic rings. The summed E-state index contributed by atoms with van der Waals surface area (Å²) in [7, 11) is 0. The molecule has 2 aromatic rings. The average molecular weight is 266 g/mol. The number of anilines is 1. The third-order valence-electron chi connectivity index (χ3n) is 2.84. The van der Waals surface area contributed by atoms with Gasteiger partial charge < -0.3 is 10.4 Å². The van der Waals surface area contributed by atoms with Crippen molar-refractivity contribution < 1.29 is 9.90 Å². The van der Waals surface area contributed by atoms with Crippen molar-refractivity contribution in [1.29, 1.82) is 5.26 Å². The Kier molecular flexibility index (Phi) is 4.48. The molecule has 0 saturated heterocycles. The van der Waals surface area contributed by atoms with Gasteiger partial charge in [0.25, 0.3) is 0 Å². The molecule has 0 spiro atoms. The molecule has 0 saturated carbocycles. The monoisotopic (exact) mass is 266 g/mol. The van der Waals surface area contributed by atoms with Crippen molar-refractivity contribution in [2.75, 3.05) is 5.32 Å². The molecule has 0 heterocycles. The lowest BCUT2D eigenvalue weighted by Crippen LogP contribution is -2.15. The van der Waals surface area contributed by atoms with Crippen LogP contribution in [0.2, 0.25) is 0 Å². The van der Waals surface area contributed by atoms with Gasteiger partial charge in [0.2, 0.25) is 5.91 Å². The van der Waals surface area contributed by atoms with Crippen LogP contribution in [-0.2, 0) is 4.79 Å². The second-order valence-corrected chi connectivity index (χ2v) is 4.37. The van der Waals surface area contributed by atoms with Gasteiger partial charge in [-0.2, -0.15) is 5.26 Å². The van der Waals surface area contributed by atoms with Crippen molar-refractivity contribution in [3.05, 3.63) is 65.7 Å². The summed E-state index contributed by atoms with van der Waals surface area (Å²) in [6, 6.07) is 17.7. The van der Waals surface area contributed by atoms with Crippen molar-refractivity contribution in [3.8, 4) is 6.07 Å². The van der Waals surface area contributed by atoms with Crippen molar-refractivity contribution in [1.82, 2.24) is 0 Å². The molecule has 4 nitrogen and oxygen atoms in total. The predicted molar refractivity (Wildman–Crippen MR) is 75.8 cm³/mol. The highest BCUT2D eigenvalue weighted by Gasteiger charge is 2.12. The number of rotatable bonds is 4. The standard InChI is InChI=1S/C16H14N2O2/c17-11-12-5-4-8-14(9-12)18-16(20)10-15(19)13-6-2-1-3-7-13/h1-9,15,19H,10H2,(H,18,20). The molecule has 20 heavy (non-hydrogen) atoms. The van der Waals surface area contributed by atoms with E-state index in [-0.39, 0.29) is 12.3 Å². The van der Waals surface area contributed by atoms with Gasteiger partial charge in [-0.25, -0.2) is 0 Å². The summed E-state index contributed by atoms with van der Waals surface area (Å²) in [6.07, 6.45) is -0.865. The molecule has 4 heteroatoms. The minimum absolute atomic E-state index is 0.0270. The largest absolute Gasteiger partial charge is 0.388 e. The Labute approximate surface area is 117 Å². The van der Waals surface area contributed by atoms with Gasteiger partial charge in [-0.15, -0.1) is 0 Å². The van der Waals surface area contributed by atoms with Gasteiger partial charge in [0.05, 0.1) is 24.2 Å². The normalized spacial score (nSPS) is 11.4. The highest BCUT2D eigenvalue weighted by Crippen LogP contribution is 2.17. The Morgan fingerprint density at radius 2 is 1.95 bits per heavy atom. The van der Waals surface area contributed by atoms with E-state index in [1.165, 1.54) is 0 Å². The van der Waals surface area contributed by atoms with Crippen molar-refractivity contribution in [2.24, 2.45) is 0 Å². The van der Waals surface area contributed by atoms with Crippen LogP contribution in [0.1, 0.15) is 23.7 Å². The summed E-state index contributed by atoms with van der Waals surface area (Å²) in [4.78, 5) is 11.8. The Bertz CT molecular complexity index is 632. The van der Waals surface area contributed by atoms with Crippen LogP contribution in [0.15, 0.2) is 54.6 Å². The third-order valence-corrected chi connectivity index (χ3v) is 2.84. The number of carbonyl (C=O) groups excluding carboxylic acids is 1. The Hall–Kier alpha value is -2.64. The Morgan fingerprint density at radius 3 is 2.65 bits per heavy atom. The molecule has 2 rings (SSSR count). The first kappa shape index (κ1) is 13.8. The van der Waals surface area contributed by atoms with Gasteiger partial charge in [0.15, 0.2) is 0 Å². The van der Waals surface area contributed by atoms with E-state index in [0.717, 1.165) is 0 Å². The second kappa shape index (κ2) is 6.50. The van der Waals surface area contributed by atoms with Crippen molar-refractivity contribution >= 4 is 11.6 Å². The van der Waals surface area contributed by atoms with E-state index < -0.39 is 6.10 Å². The van der Waals surface area contributed by atoms with Crippen LogP contribution in [0.3, 0.4) is 0 Å². The predicted octanol–water partition coefficient (Wildman–Crippen LogP) is 2.62. The van der Waals surface area contributed by atoms with Crippen LogP contribution >= 0.6 is 0 Å². The molecule has 0 radical (unpaired) electrons. The minimum atomic E-state index is -0.838. The van der Waals surface area contributed by atoms with Gasteiger partial charge in [-0.05, 0) is 23.8 Å². The summed E-state index contributed by atoms with van der Waals surface area (Å²) in [5.41, 5.74) is 1.73. The molecule has 1 atom stereocenters. The lowest BCUT2D eigenvalue weighted by atomic mass is 10.1. The maximum atomic E-state index is 11.8. The van der Waals surface area contributed by atoms with Gasteiger partial charge in [0, 0.05) is 5.69 Å². The Morgan fingerprint density at radius 1 is 1.20 bits per heavy atom. The highest BCUT2D eigenvalue weighted by atomic mass is 16.3. The maximum absolute atomic E-state index is 11.8. The van der Waals surface area contributed by atoms with Crippen LogP contribution in [0.25, 0.3) is 0 Å². The molecule has 0 aliphatic carbocycles. The number of amides is 1. The SMILES string of the molecule is N#Cc1cccc(NC(=O)CC(O)c2ccccc2)c1. The first-order valence-corrected chi connectivity index (χ1v) is 6.22. The molecule has 1 unspecified atom stereocenters. The molecular formula is C16H14N2O2. The number of carbonyl (C=O) groups is 1. The quantitative estimate of drug-likeness (QED) is 0.893. The zero-order valence-electron chi connectivity index (χ0n) is 10.8. The lowest BCUT2D eigenvalue weighted by molar-refractivity contribution is -0.118. The minimum Gasteiger partial charge on any atom is -0.388 e. The first-order chi connectivity index (χ1) is 9.69. The summed E-state index contributed by atoms with van der Waals surface area (Å²) in [6.45, 7) is 0. The van der Waals surface area contributed by atoms with Crippen molar-refractivity contribution in [3.63, 3.8) is 0 Å². The number of hydrogen-bond donors (Lipinski definition) is 2.